The van der Waals surface area contributed by atoms with E-state index in [-0.39, 0.29) is 5.92 Å². The van der Waals surface area contributed by atoms with Gasteiger partial charge in [0.1, 0.15) is 0 Å². The van der Waals surface area contributed by atoms with Gasteiger partial charge < -0.3 is 5.11 Å². The smallest absolute Gasteiger partial charge is 0.306 e. The molecule has 4 heteroatoms. The summed E-state index contributed by atoms with van der Waals surface area (Å²) < 4.78 is 1.75. The van der Waals surface area contributed by atoms with E-state index in [1.807, 2.05) is 20.0 Å². The molecule has 0 aliphatic carbocycles. The minimum Gasteiger partial charge on any atom is -0.481 e. The van der Waals surface area contributed by atoms with Crippen LogP contribution < -0.4 is 0 Å². The molecule has 0 aliphatic rings. The lowest BCUT2D eigenvalue weighted by Gasteiger charge is -2.01. The molecule has 0 fully saturated rings. The van der Waals surface area contributed by atoms with Crippen molar-refractivity contribution in [1.82, 2.24) is 9.78 Å². The van der Waals surface area contributed by atoms with E-state index < -0.39 is 5.97 Å². The number of carboxylic acids is 1. The number of hydrogen-bond acceptors (Lipinski definition) is 2. The molecule has 1 N–H and O–H groups in total. The van der Waals surface area contributed by atoms with Crippen LogP contribution in [0, 0.1) is 12.8 Å². The van der Waals surface area contributed by atoms with E-state index in [0.717, 1.165) is 11.4 Å². The fourth-order valence-corrected chi connectivity index (χ4v) is 1.14. The zero-order chi connectivity index (χ0) is 10.0. The number of hydrogen-bond donors (Lipinski definition) is 1. The lowest BCUT2D eigenvalue weighted by Crippen LogP contribution is -2.12. The summed E-state index contributed by atoms with van der Waals surface area (Å²) >= 11 is 0. The van der Waals surface area contributed by atoms with Crippen LogP contribution in [-0.4, -0.2) is 20.9 Å². The van der Waals surface area contributed by atoms with Crippen LogP contribution in [0.15, 0.2) is 6.07 Å². The summed E-state index contributed by atoms with van der Waals surface area (Å²) in [5, 5.41) is 12.9. The molecule has 0 saturated carbocycles. The predicted octanol–water partition coefficient (Wildman–Crippen LogP) is 0.992. The lowest BCUT2D eigenvalue weighted by atomic mass is 10.1. The van der Waals surface area contributed by atoms with Crippen LogP contribution in [0.25, 0.3) is 0 Å². The maximum atomic E-state index is 10.6. The van der Waals surface area contributed by atoms with Crippen molar-refractivity contribution in [3.8, 4) is 0 Å². The summed E-state index contributed by atoms with van der Waals surface area (Å²) in [4.78, 5) is 10.6. The average molecular weight is 182 g/mol. The third-order valence-electron chi connectivity index (χ3n) is 2.10. The van der Waals surface area contributed by atoms with Gasteiger partial charge in [-0.05, 0) is 13.0 Å². The van der Waals surface area contributed by atoms with Crippen molar-refractivity contribution in [2.45, 2.75) is 20.3 Å². The van der Waals surface area contributed by atoms with Gasteiger partial charge in [0.2, 0.25) is 0 Å². The third-order valence-corrected chi connectivity index (χ3v) is 2.10. The molecular formula is C9H14N2O2. The molecule has 1 aromatic heterocycles. The Morgan fingerprint density at radius 3 is 2.77 bits per heavy atom. The zero-order valence-electron chi connectivity index (χ0n) is 8.11. The fourth-order valence-electron chi connectivity index (χ4n) is 1.14. The lowest BCUT2D eigenvalue weighted by molar-refractivity contribution is -0.141. The second kappa shape index (κ2) is 3.60. The first-order valence-electron chi connectivity index (χ1n) is 4.23. The molecule has 72 valence electrons. The quantitative estimate of drug-likeness (QED) is 0.758. The van der Waals surface area contributed by atoms with Crippen LogP contribution in [0.4, 0.5) is 0 Å². The monoisotopic (exact) mass is 182 g/mol. The van der Waals surface area contributed by atoms with Gasteiger partial charge in [0.25, 0.3) is 0 Å². The molecule has 0 radical (unpaired) electrons. The number of aryl methyl sites for hydroxylation is 2. The molecular weight excluding hydrogens is 168 g/mol. The largest absolute Gasteiger partial charge is 0.481 e. The van der Waals surface area contributed by atoms with E-state index in [2.05, 4.69) is 5.10 Å². The molecule has 0 amide bonds. The zero-order valence-corrected chi connectivity index (χ0v) is 8.11. The number of rotatable bonds is 3. The summed E-state index contributed by atoms with van der Waals surface area (Å²) in [7, 11) is 1.85. The normalized spacial score (nSPS) is 12.8. The van der Waals surface area contributed by atoms with E-state index >= 15 is 0 Å². The maximum Gasteiger partial charge on any atom is 0.306 e. The third kappa shape index (κ3) is 2.31. The van der Waals surface area contributed by atoms with Crippen molar-refractivity contribution in [3.63, 3.8) is 0 Å². The van der Waals surface area contributed by atoms with Gasteiger partial charge in [-0.15, -0.1) is 0 Å². The molecule has 13 heavy (non-hydrogen) atoms. The summed E-state index contributed by atoms with van der Waals surface area (Å²) in [6.45, 7) is 3.63. The Kier molecular flexibility index (Phi) is 2.70. The molecule has 1 aromatic rings. The Balaban J connectivity index is 2.69. The number of aromatic nitrogens is 2. The first-order valence-corrected chi connectivity index (χ1v) is 4.23. The van der Waals surface area contributed by atoms with Crippen molar-refractivity contribution < 1.29 is 9.90 Å². The van der Waals surface area contributed by atoms with Crippen LogP contribution in [0.2, 0.25) is 0 Å². The van der Waals surface area contributed by atoms with Crippen molar-refractivity contribution in [1.29, 1.82) is 0 Å². The first kappa shape index (κ1) is 9.77. The number of nitrogens with zero attached hydrogens (tertiary/aromatic N) is 2. The van der Waals surface area contributed by atoms with E-state index in [1.165, 1.54) is 0 Å². The Hall–Kier alpha value is -1.32. The van der Waals surface area contributed by atoms with Crippen LogP contribution in [0.5, 0.6) is 0 Å². The molecule has 0 spiro atoms. The van der Waals surface area contributed by atoms with E-state index in [9.17, 15) is 4.79 Å². The SMILES string of the molecule is Cc1cc(CC(C)C(=O)O)nn1C. The second-order valence-corrected chi connectivity index (χ2v) is 3.34. The standard InChI is InChI=1S/C9H14N2O2/c1-6(9(12)13)4-8-5-7(2)11(3)10-8/h5-6H,4H2,1-3H3,(H,12,13). The highest BCUT2D eigenvalue weighted by Crippen LogP contribution is 2.08. The number of carbonyl (C=O) groups is 1. The Morgan fingerprint density at radius 1 is 1.77 bits per heavy atom. The molecule has 0 saturated heterocycles. The maximum absolute atomic E-state index is 10.6. The highest BCUT2D eigenvalue weighted by Gasteiger charge is 2.13. The molecule has 4 nitrogen and oxygen atoms in total. The summed E-state index contributed by atoms with van der Waals surface area (Å²) in [5.41, 5.74) is 1.89. The molecule has 1 rings (SSSR count). The summed E-state index contributed by atoms with van der Waals surface area (Å²) in [5.74, 6) is -1.14. The van der Waals surface area contributed by atoms with Crippen molar-refractivity contribution in [3.05, 3.63) is 17.5 Å². The van der Waals surface area contributed by atoms with Gasteiger partial charge in [-0.3, -0.25) is 9.48 Å². The fraction of sp³-hybridized carbons (Fsp3) is 0.556. The van der Waals surface area contributed by atoms with Crippen molar-refractivity contribution in [2.75, 3.05) is 0 Å². The van der Waals surface area contributed by atoms with Crippen molar-refractivity contribution >= 4 is 5.97 Å². The molecule has 1 unspecified atom stereocenters. The van der Waals surface area contributed by atoms with Crippen LogP contribution in [0.3, 0.4) is 0 Å². The second-order valence-electron chi connectivity index (χ2n) is 3.34. The average Bonchev–Trinajstić information content (AvgIpc) is 2.31. The predicted molar refractivity (Wildman–Crippen MR) is 48.4 cm³/mol. The minimum absolute atomic E-state index is 0.366. The van der Waals surface area contributed by atoms with Gasteiger partial charge in [-0.1, -0.05) is 6.92 Å². The van der Waals surface area contributed by atoms with Gasteiger partial charge in [0.15, 0.2) is 0 Å². The molecule has 0 aliphatic heterocycles. The van der Waals surface area contributed by atoms with Crippen LogP contribution in [-0.2, 0) is 18.3 Å². The van der Waals surface area contributed by atoms with Crippen LogP contribution in [0.1, 0.15) is 18.3 Å². The minimum atomic E-state index is -0.775. The number of carboxylic acid groups (broad SMARTS) is 1. The van der Waals surface area contributed by atoms with E-state index in [0.29, 0.717) is 6.42 Å². The first-order chi connectivity index (χ1) is 6.00. The molecule has 1 heterocycles. The van der Waals surface area contributed by atoms with Crippen LogP contribution >= 0.6 is 0 Å². The summed E-state index contributed by atoms with van der Waals surface area (Å²) in [6.07, 6.45) is 0.497. The van der Waals surface area contributed by atoms with Gasteiger partial charge in [0.05, 0.1) is 11.6 Å². The molecule has 0 bridgehead atoms. The van der Waals surface area contributed by atoms with E-state index in [4.69, 9.17) is 5.11 Å². The Labute approximate surface area is 77.2 Å². The Morgan fingerprint density at radius 2 is 2.38 bits per heavy atom. The highest BCUT2D eigenvalue weighted by molar-refractivity contribution is 5.69. The van der Waals surface area contributed by atoms with Gasteiger partial charge in [-0.2, -0.15) is 5.10 Å². The molecule has 1 atom stereocenters. The molecule has 0 aromatic carbocycles. The van der Waals surface area contributed by atoms with Gasteiger partial charge in [-0.25, -0.2) is 0 Å². The van der Waals surface area contributed by atoms with Gasteiger partial charge >= 0.3 is 5.97 Å². The van der Waals surface area contributed by atoms with E-state index in [1.54, 1.807) is 11.6 Å². The van der Waals surface area contributed by atoms with Gasteiger partial charge in [0, 0.05) is 19.2 Å². The van der Waals surface area contributed by atoms with Crippen molar-refractivity contribution in [2.24, 2.45) is 13.0 Å². The Bertz CT molecular complexity index is 298. The topological polar surface area (TPSA) is 55.1 Å². The number of aliphatic carboxylic acids is 1. The highest BCUT2D eigenvalue weighted by atomic mass is 16.4. The summed E-state index contributed by atoms with van der Waals surface area (Å²) in [6, 6.07) is 1.92.